The van der Waals surface area contributed by atoms with Gasteiger partial charge < -0.3 is 4.74 Å². The van der Waals surface area contributed by atoms with Gasteiger partial charge in [0.2, 0.25) is 0 Å². The van der Waals surface area contributed by atoms with Crippen molar-refractivity contribution in [1.82, 2.24) is 0 Å². The van der Waals surface area contributed by atoms with Crippen LogP contribution in [0, 0.1) is 11.8 Å². The second kappa shape index (κ2) is 10.2. The number of halogens is 1. The van der Waals surface area contributed by atoms with Crippen molar-refractivity contribution in [2.75, 3.05) is 6.61 Å². The lowest BCUT2D eigenvalue weighted by atomic mass is 9.78. The van der Waals surface area contributed by atoms with Gasteiger partial charge in [-0.1, -0.05) is 69.9 Å². The van der Waals surface area contributed by atoms with Crippen molar-refractivity contribution in [2.45, 2.75) is 71.1 Å². The molecule has 22 heavy (non-hydrogen) atoms. The highest BCUT2D eigenvalue weighted by Gasteiger charge is 2.20. The van der Waals surface area contributed by atoms with Crippen LogP contribution >= 0.6 is 11.6 Å². The maximum absolute atomic E-state index is 5.87. The third-order valence-corrected chi connectivity index (χ3v) is 5.27. The van der Waals surface area contributed by atoms with E-state index in [9.17, 15) is 0 Å². The number of benzene rings is 1. The normalized spacial score (nSPS) is 21.7. The molecule has 0 saturated heterocycles. The van der Waals surface area contributed by atoms with Crippen molar-refractivity contribution in [3.8, 4) is 5.75 Å². The average molecular weight is 323 g/mol. The number of hydrogen-bond donors (Lipinski definition) is 0. The molecule has 0 atom stereocenters. The Labute approximate surface area is 141 Å². The Morgan fingerprint density at radius 1 is 0.909 bits per heavy atom. The molecule has 2 rings (SSSR count). The monoisotopic (exact) mass is 322 g/mol. The van der Waals surface area contributed by atoms with Gasteiger partial charge in [0.15, 0.2) is 0 Å². The van der Waals surface area contributed by atoms with Crippen LogP contribution in [0.3, 0.4) is 0 Å². The Morgan fingerprint density at radius 2 is 1.50 bits per heavy atom. The van der Waals surface area contributed by atoms with E-state index in [-0.39, 0.29) is 0 Å². The zero-order chi connectivity index (χ0) is 15.6. The van der Waals surface area contributed by atoms with Crippen molar-refractivity contribution in [1.29, 1.82) is 0 Å². The largest absolute Gasteiger partial charge is 0.494 e. The maximum atomic E-state index is 5.87. The Hall–Kier alpha value is -0.690. The van der Waals surface area contributed by atoms with E-state index in [2.05, 4.69) is 6.92 Å². The zero-order valence-corrected chi connectivity index (χ0v) is 14.8. The minimum Gasteiger partial charge on any atom is -0.494 e. The molecule has 0 unspecified atom stereocenters. The van der Waals surface area contributed by atoms with Gasteiger partial charge in [0.1, 0.15) is 5.75 Å². The van der Waals surface area contributed by atoms with Crippen molar-refractivity contribution in [2.24, 2.45) is 11.8 Å². The summed E-state index contributed by atoms with van der Waals surface area (Å²) in [6.07, 6.45) is 14.0. The summed E-state index contributed by atoms with van der Waals surface area (Å²) in [6.45, 7) is 3.13. The van der Waals surface area contributed by atoms with Crippen LogP contribution in [0.4, 0.5) is 0 Å². The van der Waals surface area contributed by atoms with E-state index in [1.54, 1.807) is 0 Å². The first kappa shape index (κ1) is 17.7. The molecule has 1 aliphatic rings. The fourth-order valence-electron chi connectivity index (χ4n) is 3.58. The number of ether oxygens (including phenoxy) is 1. The van der Waals surface area contributed by atoms with Gasteiger partial charge in [0.25, 0.3) is 0 Å². The standard InChI is InChI=1S/C20H31ClO/c1-2-3-4-6-17-8-10-18(11-9-17)7-5-16-22-20-14-12-19(21)13-15-20/h12-15,17-18H,2-11,16H2,1H3/t17-,18-. The Kier molecular flexibility index (Phi) is 8.15. The lowest BCUT2D eigenvalue weighted by Crippen LogP contribution is -2.15. The summed E-state index contributed by atoms with van der Waals surface area (Å²) in [7, 11) is 0. The lowest BCUT2D eigenvalue weighted by molar-refractivity contribution is 0.228. The third-order valence-electron chi connectivity index (χ3n) is 5.02. The van der Waals surface area contributed by atoms with Crippen LogP contribution in [-0.4, -0.2) is 6.61 Å². The quantitative estimate of drug-likeness (QED) is 0.450. The highest BCUT2D eigenvalue weighted by atomic mass is 35.5. The fourth-order valence-corrected chi connectivity index (χ4v) is 3.71. The van der Waals surface area contributed by atoms with Gasteiger partial charge in [-0.15, -0.1) is 0 Å². The highest BCUT2D eigenvalue weighted by Crippen LogP contribution is 2.34. The lowest BCUT2D eigenvalue weighted by Gasteiger charge is -2.28. The molecule has 1 nitrogen and oxygen atoms in total. The van der Waals surface area contributed by atoms with Gasteiger partial charge >= 0.3 is 0 Å². The molecule has 1 aromatic carbocycles. The topological polar surface area (TPSA) is 9.23 Å². The van der Waals surface area contributed by atoms with Crippen LogP contribution in [0.15, 0.2) is 24.3 Å². The van der Waals surface area contributed by atoms with E-state index in [1.807, 2.05) is 24.3 Å². The predicted molar refractivity (Wildman–Crippen MR) is 95.8 cm³/mol. The fraction of sp³-hybridized carbons (Fsp3) is 0.700. The number of unbranched alkanes of at least 4 members (excludes halogenated alkanes) is 2. The molecule has 1 saturated carbocycles. The van der Waals surface area contributed by atoms with Gasteiger partial charge in [-0.3, -0.25) is 0 Å². The molecule has 0 amide bonds. The number of hydrogen-bond acceptors (Lipinski definition) is 1. The summed E-state index contributed by atoms with van der Waals surface area (Å²) in [5.74, 6) is 2.90. The second-order valence-electron chi connectivity index (χ2n) is 6.83. The van der Waals surface area contributed by atoms with Gasteiger partial charge in [0, 0.05) is 5.02 Å². The van der Waals surface area contributed by atoms with Crippen molar-refractivity contribution < 1.29 is 4.74 Å². The van der Waals surface area contributed by atoms with Crippen LogP contribution in [0.2, 0.25) is 5.02 Å². The first-order valence-electron chi connectivity index (χ1n) is 9.16. The van der Waals surface area contributed by atoms with E-state index in [4.69, 9.17) is 16.3 Å². The summed E-state index contributed by atoms with van der Waals surface area (Å²) < 4.78 is 5.78. The molecular weight excluding hydrogens is 292 g/mol. The molecule has 1 fully saturated rings. The third kappa shape index (κ3) is 6.60. The molecule has 124 valence electrons. The molecule has 0 aromatic heterocycles. The second-order valence-corrected chi connectivity index (χ2v) is 7.26. The van der Waals surface area contributed by atoms with Crippen LogP contribution in [-0.2, 0) is 0 Å². The molecule has 0 spiro atoms. The summed E-state index contributed by atoms with van der Waals surface area (Å²) >= 11 is 5.87. The molecule has 0 radical (unpaired) electrons. The maximum Gasteiger partial charge on any atom is 0.119 e. The van der Waals surface area contributed by atoms with Crippen LogP contribution in [0.25, 0.3) is 0 Å². The molecule has 0 bridgehead atoms. The van der Waals surface area contributed by atoms with E-state index < -0.39 is 0 Å². The Morgan fingerprint density at radius 3 is 2.09 bits per heavy atom. The first-order chi connectivity index (χ1) is 10.8. The SMILES string of the molecule is CCCCC[C@H]1CC[C@H](CCCOc2ccc(Cl)cc2)CC1. The minimum absolute atomic E-state index is 0.767. The smallest absolute Gasteiger partial charge is 0.119 e. The zero-order valence-electron chi connectivity index (χ0n) is 14.0. The molecule has 2 heteroatoms. The summed E-state index contributed by atoms with van der Waals surface area (Å²) in [5, 5.41) is 0.767. The molecule has 0 N–H and O–H groups in total. The van der Waals surface area contributed by atoms with Crippen LogP contribution < -0.4 is 4.74 Å². The van der Waals surface area contributed by atoms with Gasteiger partial charge in [-0.25, -0.2) is 0 Å². The molecular formula is C20H31ClO. The molecule has 0 heterocycles. The van der Waals surface area contributed by atoms with Crippen molar-refractivity contribution in [3.05, 3.63) is 29.3 Å². The number of rotatable bonds is 9. The molecule has 0 aliphatic heterocycles. The van der Waals surface area contributed by atoms with E-state index in [0.717, 1.165) is 29.2 Å². The van der Waals surface area contributed by atoms with Crippen molar-refractivity contribution in [3.63, 3.8) is 0 Å². The summed E-state index contributed by atoms with van der Waals surface area (Å²) in [5.41, 5.74) is 0. The van der Waals surface area contributed by atoms with Gasteiger partial charge in [-0.05, 0) is 48.9 Å². The summed E-state index contributed by atoms with van der Waals surface area (Å²) in [6, 6.07) is 7.67. The average Bonchev–Trinajstić information content (AvgIpc) is 2.55. The molecule has 1 aliphatic carbocycles. The Balaban J connectivity index is 1.52. The highest BCUT2D eigenvalue weighted by molar-refractivity contribution is 6.30. The predicted octanol–water partition coefficient (Wildman–Crippen LogP) is 6.89. The van der Waals surface area contributed by atoms with E-state index >= 15 is 0 Å². The summed E-state index contributed by atoms with van der Waals surface area (Å²) in [4.78, 5) is 0. The van der Waals surface area contributed by atoms with E-state index in [0.29, 0.717) is 0 Å². The van der Waals surface area contributed by atoms with Crippen LogP contribution in [0.5, 0.6) is 5.75 Å². The van der Waals surface area contributed by atoms with Crippen molar-refractivity contribution >= 4 is 11.6 Å². The van der Waals surface area contributed by atoms with Crippen LogP contribution in [0.1, 0.15) is 71.1 Å². The Bertz CT molecular complexity index is 393. The van der Waals surface area contributed by atoms with E-state index in [1.165, 1.54) is 64.2 Å². The van der Waals surface area contributed by atoms with Gasteiger partial charge in [-0.2, -0.15) is 0 Å². The molecule has 1 aromatic rings. The minimum atomic E-state index is 0.767. The van der Waals surface area contributed by atoms with Gasteiger partial charge in [0.05, 0.1) is 6.61 Å². The first-order valence-corrected chi connectivity index (χ1v) is 9.54.